The van der Waals surface area contributed by atoms with Crippen molar-refractivity contribution in [2.45, 2.75) is 41.5 Å². The van der Waals surface area contributed by atoms with E-state index < -0.39 is 0 Å². The number of thiophene rings is 1. The topological polar surface area (TPSA) is 29.0 Å². The minimum atomic E-state index is -0.218. The number of benzene rings is 1. The molecule has 5 heteroatoms. The van der Waals surface area contributed by atoms with Crippen molar-refractivity contribution < 1.29 is 4.39 Å². The number of aryl methyl sites for hydroxylation is 2. The Balaban J connectivity index is 2.26. The van der Waals surface area contributed by atoms with Gasteiger partial charge in [-0.05, 0) is 43.4 Å². The second kappa shape index (κ2) is 7.93. The van der Waals surface area contributed by atoms with Gasteiger partial charge in [-0.25, -0.2) is 14.4 Å². The second-order valence-corrected chi connectivity index (χ2v) is 9.21. The van der Waals surface area contributed by atoms with Gasteiger partial charge < -0.3 is 4.90 Å². The highest BCUT2D eigenvalue weighted by Gasteiger charge is 2.22. The fourth-order valence-electron chi connectivity index (χ4n) is 3.52. The lowest BCUT2D eigenvalue weighted by molar-refractivity contribution is 0.549. The van der Waals surface area contributed by atoms with Gasteiger partial charge in [0.15, 0.2) is 0 Å². The minimum Gasteiger partial charge on any atom is -0.355 e. The highest BCUT2D eigenvalue weighted by atomic mass is 32.1. The maximum Gasteiger partial charge on any atom is 0.141 e. The zero-order chi connectivity index (χ0) is 19.7. The van der Waals surface area contributed by atoms with Crippen molar-refractivity contribution in [3.8, 4) is 11.1 Å². The summed E-state index contributed by atoms with van der Waals surface area (Å²) in [6, 6.07) is 6.74. The Labute approximate surface area is 165 Å². The second-order valence-electron chi connectivity index (χ2n) is 8.01. The Kier molecular flexibility index (Phi) is 5.80. The molecule has 0 aliphatic carbocycles. The molecule has 0 unspecified atom stereocenters. The number of anilines is 1. The van der Waals surface area contributed by atoms with E-state index in [4.69, 9.17) is 9.97 Å². The molecule has 0 aliphatic heterocycles. The summed E-state index contributed by atoms with van der Waals surface area (Å²) >= 11 is 1.69. The van der Waals surface area contributed by atoms with Crippen LogP contribution < -0.4 is 4.90 Å². The van der Waals surface area contributed by atoms with Crippen LogP contribution in [-0.2, 0) is 0 Å². The summed E-state index contributed by atoms with van der Waals surface area (Å²) in [4.78, 5) is 14.2. The Morgan fingerprint density at radius 3 is 2.11 bits per heavy atom. The summed E-state index contributed by atoms with van der Waals surface area (Å²) in [6.07, 6.45) is 0. The first-order valence-corrected chi connectivity index (χ1v) is 10.4. The first-order valence-electron chi connectivity index (χ1n) is 9.54. The molecular weight excluding hydrogens is 357 g/mol. The molecule has 0 radical (unpaired) electrons. The minimum absolute atomic E-state index is 0.218. The van der Waals surface area contributed by atoms with Gasteiger partial charge in [0, 0.05) is 23.5 Å². The van der Waals surface area contributed by atoms with E-state index >= 15 is 0 Å². The monoisotopic (exact) mass is 385 g/mol. The van der Waals surface area contributed by atoms with Crippen molar-refractivity contribution in [2.75, 3.05) is 18.0 Å². The zero-order valence-electron chi connectivity index (χ0n) is 17.0. The van der Waals surface area contributed by atoms with Crippen LogP contribution in [0, 0.1) is 31.5 Å². The summed E-state index contributed by atoms with van der Waals surface area (Å²) in [5.74, 6) is 2.64. The molecule has 3 rings (SSSR count). The molecule has 0 N–H and O–H groups in total. The summed E-state index contributed by atoms with van der Waals surface area (Å²) < 4.78 is 13.5. The van der Waals surface area contributed by atoms with Crippen LogP contribution in [0.1, 0.15) is 38.4 Å². The van der Waals surface area contributed by atoms with Crippen molar-refractivity contribution >= 4 is 27.4 Å². The predicted octanol–water partition coefficient (Wildman–Crippen LogP) is 6.23. The van der Waals surface area contributed by atoms with E-state index in [1.165, 1.54) is 17.0 Å². The van der Waals surface area contributed by atoms with E-state index in [1.54, 1.807) is 11.3 Å². The van der Waals surface area contributed by atoms with Crippen LogP contribution >= 0.6 is 11.3 Å². The van der Waals surface area contributed by atoms with Crippen LogP contribution in [-0.4, -0.2) is 23.1 Å². The van der Waals surface area contributed by atoms with Gasteiger partial charge in [-0.1, -0.05) is 39.8 Å². The maximum absolute atomic E-state index is 13.5. The first-order chi connectivity index (χ1) is 12.8. The molecule has 0 spiro atoms. The number of aromatic nitrogens is 2. The van der Waals surface area contributed by atoms with Gasteiger partial charge in [-0.3, -0.25) is 0 Å². The van der Waals surface area contributed by atoms with Crippen LogP contribution in [0.25, 0.3) is 21.3 Å². The highest BCUT2D eigenvalue weighted by Crippen LogP contribution is 2.42. The average Bonchev–Trinajstić information content (AvgIpc) is 2.89. The highest BCUT2D eigenvalue weighted by molar-refractivity contribution is 7.19. The summed E-state index contributed by atoms with van der Waals surface area (Å²) in [6.45, 7) is 14.9. The number of hydrogen-bond donors (Lipinski definition) is 0. The van der Waals surface area contributed by atoms with Crippen molar-refractivity contribution in [3.63, 3.8) is 0 Å². The molecule has 3 nitrogen and oxygen atoms in total. The molecule has 27 heavy (non-hydrogen) atoms. The van der Waals surface area contributed by atoms with Crippen molar-refractivity contribution in [1.82, 2.24) is 9.97 Å². The molecule has 0 saturated carbocycles. The lowest BCUT2D eigenvalue weighted by atomic mass is 10.0. The van der Waals surface area contributed by atoms with E-state index in [0.29, 0.717) is 11.8 Å². The Morgan fingerprint density at radius 1 is 0.963 bits per heavy atom. The maximum atomic E-state index is 13.5. The van der Waals surface area contributed by atoms with Crippen molar-refractivity contribution in [2.24, 2.45) is 11.8 Å². The van der Waals surface area contributed by atoms with Gasteiger partial charge in [0.2, 0.25) is 0 Å². The molecule has 0 atom stereocenters. The van der Waals surface area contributed by atoms with E-state index in [2.05, 4.69) is 39.5 Å². The van der Waals surface area contributed by atoms with Crippen LogP contribution in [0.3, 0.4) is 0 Å². The zero-order valence-corrected chi connectivity index (χ0v) is 17.8. The third-order valence-electron chi connectivity index (χ3n) is 4.42. The number of nitrogens with zero attached hydrogens (tertiary/aromatic N) is 3. The van der Waals surface area contributed by atoms with E-state index in [9.17, 15) is 4.39 Å². The molecule has 2 heterocycles. The third-order valence-corrected chi connectivity index (χ3v) is 5.42. The van der Waals surface area contributed by atoms with E-state index in [-0.39, 0.29) is 5.82 Å². The van der Waals surface area contributed by atoms with Gasteiger partial charge in [-0.15, -0.1) is 11.3 Å². The fraction of sp³-hybridized carbons (Fsp3) is 0.455. The van der Waals surface area contributed by atoms with E-state index in [0.717, 1.165) is 46.1 Å². The Bertz CT molecular complexity index is 919. The summed E-state index contributed by atoms with van der Waals surface area (Å²) in [5, 5.41) is 1.09. The van der Waals surface area contributed by atoms with Gasteiger partial charge >= 0.3 is 0 Å². The van der Waals surface area contributed by atoms with Crippen molar-refractivity contribution in [1.29, 1.82) is 0 Å². The Hall–Kier alpha value is -2.01. The molecule has 144 valence electrons. The van der Waals surface area contributed by atoms with Crippen LogP contribution in [0.5, 0.6) is 0 Å². The molecule has 3 aromatic rings. The molecule has 1 aromatic carbocycles. The average molecular weight is 386 g/mol. The van der Waals surface area contributed by atoms with Gasteiger partial charge in [0.05, 0.1) is 5.39 Å². The van der Waals surface area contributed by atoms with E-state index in [1.807, 2.05) is 19.1 Å². The Morgan fingerprint density at radius 2 is 1.56 bits per heavy atom. The quantitative estimate of drug-likeness (QED) is 0.503. The number of hydrogen-bond acceptors (Lipinski definition) is 4. The molecule has 0 saturated heterocycles. The summed E-state index contributed by atoms with van der Waals surface area (Å²) in [5.41, 5.74) is 2.14. The normalized spacial score (nSPS) is 11.7. The third kappa shape index (κ3) is 4.29. The van der Waals surface area contributed by atoms with Crippen molar-refractivity contribution in [3.05, 3.63) is 40.8 Å². The van der Waals surface area contributed by atoms with Crippen LogP contribution in [0.15, 0.2) is 24.3 Å². The molecule has 0 bridgehead atoms. The standard InChI is InChI=1S/C22H28FN3S/c1-13(2)11-26(12-14(3)4)21-20-19(17-7-9-18(23)10-8-17)15(5)27-22(20)25-16(6)24-21/h7-10,13-14H,11-12H2,1-6H3. The van der Waals surface area contributed by atoms with Gasteiger partial charge in [0.25, 0.3) is 0 Å². The lowest BCUT2D eigenvalue weighted by Crippen LogP contribution is -2.32. The number of halogens is 1. The van der Waals surface area contributed by atoms with Crippen LogP contribution in [0.4, 0.5) is 10.2 Å². The molecule has 0 aliphatic rings. The molecule has 2 aromatic heterocycles. The van der Waals surface area contributed by atoms with Gasteiger partial charge in [-0.2, -0.15) is 0 Å². The number of fused-ring (bicyclic) bond motifs is 1. The largest absolute Gasteiger partial charge is 0.355 e. The fourth-order valence-corrected chi connectivity index (χ4v) is 4.60. The summed E-state index contributed by atoms with van der Waals surface area (Å²) in [7, 11) is 0. The van der Waals surface area contributed by atoms with Gasteiger partial charge in [0.1, 0.15) is 22.3 Å². The first kappa shape index (κ1) is 19.7. The predicted molar refractivity (Wildman–Crippen MR) is 114 cm³/mol. The lowest BCUT2D eigenvalue weighted by Gasteiger charge is -2.28. The molecular formula is C22H28FN3S. The smallest absolute Gasteiger partial charge is 0.141 e. The van der Waals surface area contributed by atoms with Crippen LogP contribution in [0.2, 0.25) is 0 Å². The molecule has 0 amide bonds. The molecule has 0 fully saturated rings. The SMILES string of the molecule is Cc1nc(N(CC(C)C)CC(C)C)c2c(-c3ccc(F)cc3)c(C)sc2n1. The number of rotatable bonds is 6.